The molecule has 0 radical (unpaired) electrons. The first-order valence-corrected chi connectivity index (χ1v) is 7.04. The number of benzene rings is 1. The van der Waals surface area contributed by atoms with E-state index in [1.165, 1.54) is 12.1 Å². The highest BCUT2D eigenvalue weighted by Crippen LogP contribution is 2.57. The molecule has 114 valence electrons. The Kier molecular flexibility index (Phi) is 3.28. The Labute approximate surface area is 121 Å². The van der Waals surface area contributed by atoms with Crippen molar-refractivity contribution < 1.29 is 23.0 Å². The lowest BCUT2D eigenvalue weighted by Gasteiger charge is -2.48. The third-order valence-electron chi connectivity index (χ3n) is 4.82. The fraction of sp³-hybridized carbons (Fsp3) is 0.500. The van der Waals surface area contributed by atoms with E-state index in [0.717, 1.165) is 6.07 Å². The van der Waals surface area contributed by atoms with Crippen LogP contribution in [0.3, 0.4) is 0 Å². The summed E-state index contributed by atoms with van der Waals surface area (Å²) < 4.78 is 47.6. The molecule has 1 fully saturated rings. The Hall–Kier alpha value is -1.49. The summed E-state index contributed by atoms with van der Waals surface area (Å²) in [5.41, 5.74) is -1.75. The monoisotopic (exact) mass is 298 g/mol. The van der Waals surface area contributed by atoms with Crippen LogP contribution in [0, 0.1) is 11.2 Å². The highest BCUT2D eigenvalue weighted by Gasteiger charge is 2.54. The molecule has 3 aliphatic rings. The van der Waals surface area contributed by atoms with Crippen molar-refractivity contribution in [2.45, 2.75) is 44.8 Å². The average Bonchev–Trinajstić information content (AvgIpc) is 2.45. The van der Waals surface area contributed by atoms with Crippen LogP contribution in [0.5, 0.6) is 5.75 Å². The van der Waals surface area contributed by atoms with E-state index in [-0.39, 0.29) is 17.9 Å². The Morgan fingerprint density at radius 1 is 1.10 bits per heavy atom. The lowest BCUT2D eigenvalue weighted by atomic mass is 9.63. The number of halogens is 3. The zero-order valence-corrected chi connectivity index (χ0v) is 11.8. The predicted octanol–water partition coefficient (Wildman–Crippen LogP) is 4.53. The van der Waals surface area contributed by atoms with Gasteiger partial charge in [0.05, 0.1) is 6.61 Å². The number of rotatable bonds is 3. The first-order chi connectivity index (χ1) is 9.86. The van der Waals surface area contributed by atoms with E-state index in [0.29, 0.717) is 25.7 Å². The summed E-state index contributed by atoms with van der Waals surface area (Å²) in [6.07, 6.45) is 1.87. The number of phenolic OH excluding ortho intramolecular Hbond substituents is 1. The van der Waals surface area contributed by atoms with Crippen LogP contribution in [-0.4, -0.2) is 10.7 Å². The lowest BCUT2D eigenvalue weighted by Crippen LogP contribution is -2.47. The van der Waals surface area contributed by atoms with Gasteiger partial charge in [0.2, 0.25) is 0 Å². The van der Waals surface area contributed by atoms with Crippen LogP contribution in [0.25, 0.3) is 0 Å². The van der Waals surface area contributed by atoms with Gasteiger partial charge in [-0.3, -0.25) is 0 Å². The van der Waals surface area contributed by atoms with Gasteiger partial charge in [0.25, 0.3) is 0 Å². The molecule has 1 N–H and O–H groups in total. The van der Waals surface area contributed by atoms with E-state index in [2.05, 4.69) is 0 Å². The molecule has 0 saturated heterocycles. The number of allylic oxidation sites excluding steroid dienone is 1. The summed E-state index contributed by atoms with van der Waals surface area (Å²) in [5.74, 6) is -2.35. The maximum atomic E-state index is 14.3. The number of hydrogen-bond donors (Lipinski definition) is 1. The van der Waals surface area contributed by atoms with Crippen molar-refractivity contribution in [1.82, 2.24) is 0 Å². The SMILES string of the molecule is CC12CCC(OCc3ccc(O)cc3F)(CC1)C(F)=C2F. The van der Waals surface area contributed by atoms with Gasteiger partial charge in [0.15, 0.2) is 5.83 Å². The van der Waals surface area contributed by atoms with Gasteiger partial charge in [-0.1, -0.05) is 13.0 Å². The molecule has 0 heterocycles. The van der Waals surface area contributed by atoms with E-state index in [1.54, 1.807) is 6.92 Å². The zero-order chi connectivity index (χ0) is 15.3. The number of phenols is 1. The minimum atomic E-state index is -1.26. The molecule has 4 rings (SSSR count). The van der Waals surface area contributed by atoms with Gasteiger partial charge in [0.1, 0.15) is 23.0 Å². The molecular formula is C16H17F3O2. The van der Waals surface area contributed by atoms with Gasteiger partial charge < -0.3 is 9.84 Å². The molecule has 1 saturated carbocycles. The van der Waals surface area contributed by atoms with Gasteiger partial charge in [-0.25, -0.2) is 13.2 Å². The summed E-state index contributed by atoms with van der Waals surface area (Å²) in [4.78, 5) is 0. The smallest absolute Gasteiger partial charge is 0.164 e. The third-order valence-corrected chi connectivity index (χ3v) is 4.82. The molecule has 0 amide bonds. The molecule has 0 atom stereocenters. The van der Waals surface area contributed by atoms with E-state index in [4.69, 9.17) is 9.84 Å². The lowest BCUT2D eigenvalue weighted by molar-refractivity contribution is -0.104. The van der Waals surface area contributed by atoms with E-state index in [9.17, 15) is 13.2 Å². The molecule has 0 unspecified atom stereocenters. The van der Waals surface area contributed by atoms with E-state index in [1.807, 2.05) is 0 Å². The summed E-state index contributed by atoms with van der Waals surface area (Å²) in [6, 6.07) is 3.70. The van der Waals surface area contributed by atoms with E-state index < -0.39 is 28.5 Å². The van der Waals surface area contributed by atoms with Crippen LogP contribution in [0.15, 0.2) is 29.9 Å². The second-order valence-electron chi connectivity index (χ2n) is 6.25. The Morgan fingerprint density at radius 3 is 2.38 bits per heavy atom. The molecule has 0 spiro atoms. The molecule has 21 heavy (non-hydrogen) atoms. The molecule has 3 aliphatic carbocycles. The van der Waals surface area contributed by atoms with Gasteiger partial charge in [0, 0.05) is 17.0 Å². The van der Waals surface area contributed by atoms with Crippen LogP contribution in [0.2, 0.25) is 0 Å². The summed E-state index contributed by atoms with van der Waals surface area (Å²) in [5, 5.41) is 9.17. The van der Waals surface area contributed by atoms with Crippen molar-refractivity contribution in [3.05, 3.63) is 41.2 Å². The second-order valence-corrected chi connectivity index (χ2v) is 6.25. The van der Waals surface area contributed by atoms with Crippen molar-refractivity contribution in [3.8, 4) is 5.75 Å². The number of hydrogen-bond acceptors (Lipinski definition) is 2. The largest absolute Gasteiger partial charge is 0.508 e. The van der Waals surface area contributed by atoms with Crippen LogP contribution < -0.4 is 0 Å². The summed E-state index contributed by atoms with van der Waals surface area (Å²) >= 11 is 0. The van der Waals surface area contributed by atoms with Gasteiger partial charge in [-0.2, -0.15) is 0 Å². The number of ether oxygens (including phenoxy) is 1. The molecule has 0 aliphatic heterocycles. The van der Waals surface area contributed by atoms with Crippen molar-refractivity contribution in [1.29, 1.82) is 0 Å². The highest BCUT2D eigenvalue weighted by atomic mass is 19.2. The summed E-state index contributed by atoms with van der Waals surface area (Å²) in [6.45, 7) is 1.58. The minimum Gasteiger partial charge on any atom is -0.508 e. The fourth-order valence-corrected chi connectivity index (χ4v) is 3.19. The molecule has 5 heteroatoms. The average molecular weight is 298 g/mol. The standard InChI is InChI=1S/C16H17F3O2/c1-15-4-6-16(7-5-15,14(19)13(15)18)21-9-10-2-3-11(20)8-12(10)17/h2-3,8,20H,4-7,9H2,1H3. The van der Waals surface area contributed by atoms with Gasteiger partial charge >= 0.3 is 0 Å². The Bertz CT molecular complexity index is 602. The Balaban J connectivity index is 1.82. The third kappa shape index (κ3) is 2.24. The molecule has 0 aromatic heterocycles. The topological polar surface area (TPSA) is 29.5 Å². The molecule has 1 aromatic rings. The highest BCUT2D eigenvalue weighted by molar-refractivity contribution is 5.30. The summed E-state index contributed by atoms with van der Waals surface area (Å²) in [7, 11) is 0. The fourth-order valence-electron chi connectivity index (χ4n) is 3.19. The maximum Gasteiger partial charge on any atom is 0.164 e. The minimum absolute atomic E-state index is 0.149. The Morgan fingerprint density at radius 2 is 1.76 bits per heavy atom. The first-order valence-electron chi connectivity index (χ1n) is 7.04. The molecule has 1 aromatic carbocycles. The van der Waals surface area contributed by atoms with Crippen LogP contribution in [-0.2, 0) is 11.3 Å². The molecule has 2 nitrogen and oxygen atoms in total. The molecular weight excluding hydrogens is 281 g/mol. The van der Waals surface area contributed by atoms with Crippen LogP contribution in [0.4, 0.5) is 13.2 Å². The zero-order valence-electron chi connectivity index (χ0n) is 11.8. The van der Waals surface area contributed by atoms with Gasteiger partial charge in [-0.15, -0.1) is 0 Å². The number of fused-ring (bicyclic) bond motifs is 2. The van der Waals surface area contributed by atoms with Crippen molar-refractivity contribution >= 4 is 0 Å². The van der Waals surface area contributed by atoms with Crippen molar-refractivity contribution in [2.75, 3.05) is 0 Å². The maximum absolute atomic E-state index is 14.3. The van der Waals surface area contributed by atoms with Crippen LogP contribution >= 0.6 is 0 Å². The quantitative estimate of drug-likeness (QED) is 0.888. The van der Waals surface area contributed by atoms with Crippen LogP contribution in [0.1, 0.15) is 38.2 Å². The molecule has 2 bridgehead atoms. The van der Waals surface area contributed by atoms with Crippen molar-refractivity contribution in [3.63, 3.8) is 0 Å². The van der Waals surface area contributed by atoms with E-state index >= 15 is 0 Å². The number of aromatic hydroxyl groups is 1. The second kappa shape index (κ2) is 4.77. The van der Waals surface area contributed by atoms with Gasteiger partial charge in [-0.05, 0) is 31.7 Å². The predicted molar refractivity (Wildman–Crippen MR) is 71.4 cm³/mol. The normalized spacial score (nSPS) is 31.8. The van der Waals surface area contributed by atoms with Crippen molar-refractivity contribution in [2.24, 2.45) is 5.41 Å². The first kappa shape index (κ1) is 14.4.